The van der Waals surface area contributed by atoms with Crippen molar-refractivity contribution >= 4 is 5.91 Å². The Labute approximate surface area is 107 Å². The first kappa shape index (κ1) is 11.8. The third-order valence-electron chi connectivity index (χ3n) is 4.13. The lowest BCUT2D eigenvalue weighted by Crippen LogP contribution is -2.49. The molecule has 18 heavy (non-hydrogen) atoms. The van der Waals surface area contributed by atoms with E-state index in [1.54, 1.807) is 18.4 Å². The van der Waals surface area contributed by atoms with Crippen molar-refractivity contribution in [3.63, 3.8) is 0 Å². The van der Waals surface area contributed by atoms with Crippen molar-refractivity contribution in [2.75, 3.05) is 19.7 Å². The van der Waals surface area contributed by atoms with Crippen LogP contribution in [0.1, 0.15) is 42.7 Å². The minimum absolute atomic E-state index is 0.00524. The molecular formula is C14H19NO3. The molecule has 2 aliphatic rings. The number of nitrogens with zero attached hydrogens (tertiary/aromatic N) is 1. The first-order valence-electron chi connectivity index (χ1n) is 6.76. The Morgan fingerprint density at radius 3 is 2.67 bits per heavy atom. The fourth-order valence-electron chi connectivity index (χ4n) is 2.98. The number of amides is 1. The predicted molar refractivity (Wildman–Crippen MR) is 66.4 cm³/mol. The summed E-state index contributed by atoms with van der Waals surface area (Å²) in [5, 5.41) is 0. The molecule has 4 heteroatoms. The maximum Gasteiger partial charge on any atom is 0.289 e. The molecule has 1 spiro atoms. The number of hydrogen-bond donors (Lipinski definition) is 0. The van der Waals surface area contributed by atoms with Gasteiger partial charge in [-0.2, -0.15) is 0 Å². The summed E-state index contributed by atoms with van der Waals surface area (Å²) in [4.78, 5) is 14.0. The van der Waals surface area contributed by atoms with Gasteiger partial charge in [-0.15, -0.1) is 0 Å². The number of hydrogen-bond acceptors (Lipinski definition) is 3. The third-order valence-corrected chi connectivity index (χ3v) is 4.13. The Morgan fingerprint density at radius 1 is 1.22 bits per heavy atom. The van der Waals surface area contributed by atoms with Crippen molar-refractivity contribution in [2.45, 2.75) is 37.7 Å². The first-order valence-corrected chi connectivity index (χ1v) is 6.76. The molecule has 3 heterocycles. The summed E-state index contributed by atoms with van der Waals surface area (Å²) in [7, 11) is 0. The van der Waals surface area contributed by atoms with Gasteiger partial charge in [0.2, 0.25) is 0 Å². The lowest BCUT2D eigenvalue weighted by molar-refractivity contribution is -0.107. The number of carbonyl (C=O) groups is 1. The summed E-state index contributed by atoms with van der Waals surface area (Å²) in [6, 6.07) is 3.48. The van der Waals surface area contributed by atoms with E-state index in [2.05, 4.69) is 0 Å². The highest BCUT2D eigenvalue weighted by molar-refractivity contribution is 5.91. The number of piperidine rings is 1. The SMILES string of the molecule is O=C(c1ccco1)N1CCC2(CCCCO2)CC1. The quantitative estimate of drug-likeness (QED) is 0.767. The fourth-order valence-corrected chi connectivity index (χ4v) is 2.98. The summed E-state index contributed by atoms with van der Waals surface area (Å²) >= 11 is 0. The zero-order chi connectivity index (χ0) is 12.4. The number of carbonyl (C=O) groups excluding carboxylic acids is 1. The molecule has 98 valence electrons. The Bertz CT molecular complexity index is 397. The van der Waals surface area contributed by atoms with Gasteiger partial charge in [0.1, 0.15) is 0 Å². The summed E-state index contributed by atoms with van der Waals surface area (Å²) in [6.07, 6.45) is 7.04. The van der Waals surface area contributed by atoms with Crippen molar-refractivity contribution < 1.29 is 13.9 Å². The second kappa shape index (κ2) is 4.76. The molecule has 1 aromatic rings. The number of ether oxygens (including phenoxy) is 1. The van der Waals surface area contributed by atoms with Crippen LogP contribution in [0.4, 0.5) is 0 Å². The molecule has 0 aromatic carbocycles. The van der Waals surface area contributed by atoms with Gasteiger partial charge in [-0.3, -0.25) is 4.79 Å². The summed E-state index contributed by atoms with van der Waals surface area (Å²) in [5.74, 6) is 0.446. The fraction of sp³-hybridized carbons (Fsp3) is 0.643. The zero-order valence-electron chi connectivity index (χ0n) is 10.6. The average molecular weight is 249 g/mol. The molecule has 0 aliphatic carbocycles. The van der Waals surface area contributed by atoms with E-state index < -0.39 is 0 Å². The predicted octanol–water partition coefficient (Wildman–Crippen LogP) is 2.45. The van der Waals surface area contributed by atoms with Crippen LogP contribution in [0.15, 0.2) is 22.8 Å². The Hall–Kier alpha value is -1.29. The van der Waals surface area contributed by atoms with Crippen LogP contribution in [-0.4, -0.2) is 36.1 Å². The maximum atomic E-state index is 12.1. The van der Waals surface area contributed by atoms with Crippen LogP contribution < -0.4 is 0 Å². The molecular weight excluding hydrogens is 230 g/mol. The van der Waals surface area contributed by atoms with Crippen LogP contribution in [0.2, 0.25) is 0 Å². The van der Waals surface area contributed by atoms with Crippen molar-refractivity contribution in [3.8, 4) is 0 Å². The summed E-state index contributed by atoms with van der Waals surface area (Å²) in [5.41, 5.74) is 0.0538. The van der Waals surface area contributed by atoms with Crippen LogP contribution in [0.25, 0.3) is 0 Å². The van der Waals surface area contributed by atoms with Gasteiger partial charge in [0.15, 0.2) is 5.76 Å². The van der Waals surface area contributed by atoms with Crippen molar-refractivity contribution in [2.24, 2.45) is 0 Å². The number of furan rings is 1. The molecule has 1 amide bonds. The molecule has 2 fully saturated rings. The Balaban J connectivity index is 1.61. The highest BCUT2D eigenvalue weighted by Crippen LogP contribution is 2.35. The normalized spacial score (nSPS) is 23.2. The van der Waals surface area contributed by atoms with E-state index in [1.807, 2.05) is 4.90 Å². The topological polar surface area (TPSA) is 42.7 Å². The van der Waals surface area contributed by atoms with Crippen LogP contribution in [0, 0.1) is 0 Å². The molecule has 0 bridgehead atoms. The van der Waals surface area contributed by atoms with Gasteiger partial charge < -0.3 is 14.1 Å². The molecule has 0 atom stereocenters. The second-order valence-corrected chi connectivity index (χ2v) is 5.26. The van der Waals surface area contributed by atoms with E-state index in [4.69, 9.17) is 9.15 Å². The van der Waals surface area contributed by atoms with Crippen molar-refractivity contribution in [3.05, 3.63) is 24.2 Å². The van der Waals surface area contributed by atoms with Gasteiger partial charge in [-0.25, -0.2) is 0 Å². The maximum absolute atomic E-state index is 12.1. The van der Waals surface area contributed by atoms with Gasteiger partial charge in [0, 0.05) is 19.7 Å². The highest BCUT2D eigenvalue weighted by Gasteiger charge is 2.38. The average Bonchev–Trinajstić information content (AvgIpc) is 2.94. The molecule has 2 aliphatic heterocycles. The summed E-state index contributed by atoms with van der Waals surface area (Å²) < 4.78 is 11.1. The van der Waals surface area contributed by atoms with Crippen LogP contribution >= 0.6 is 0 Å². The molecule has 3 rings (SSSR count). The van der Waals surface area contributed by atoms with Crippen molar-refractivity contribution in [1.82, 2.24) is 4.90 Å². The highest BCUT2D eigenvalue weighted by atomic mass is 16.5. The van der Waals surface area contributed by atoms with E-state index in [9.17, 15) is 4.79 Å². The standard InChI is InChI=1S/C14H19NO3/c16-13(12-4-3-10-17-12)15-8-6-14(7-9-15)5-1-2-11-18-14/h3-4,10H,1-2,5-9,11H2. The molecule has 0 N–H and O–H groups in total. The molecule has 0 radical (unpaired) electrons. The van der Waals surface area contributed by atoms with E-state index >= 15 is 0 Å². The molecule has 2 saturated heterocycles. The summed E-state index contributed by atoms with van der Waals surface area (Å²) in [6.45, 7) is 2.44. The minimum atomic E-state index is 0.00524. The molecule has 1 aromatic heterocycles. The third kappa shape index (κ3) is 2.17. The number of likely N-dealkylation sites (tertiary alicyclic amines) is 1. The van der Waals surface area contributed by atoms with E-state index in [-0.39, 0.29) is 11.5 Å². The van der Waals surface area contributed by atoms with Gasteiger partial charge in [-0.05, 0) is 44.2 Å². The van der Waals surface area contributed by atoms with Crippen LogP contribution in [0.5, 0.6) is 0 Å². The van der Waals surface area contributed by atoms with Gasteiger partial charge in [0.05, 0.1) is 11.9 Å². The molecule has 4 nitrogen and oxygen atoms in total. The second-order valence-electron chi connectivity index (χ2n) is 5.26. The van der Waals surface area contributed by atoms with Gasteiger partial charge in [-0.1, -0.05) is 0 Å². The Kier molecular flexibility index (Phi) is 3.12. The van der Waals surface area contributed by atoms with Gasteiger partial charge in [0.25, 0.3) is 5.91 Å². The largest absolute Gasteiger partial charge is 0.459 e. The lowest BCUT2D eigenvalue weighted by atomic mass is 9.84. The smallest absolute Gasteiger partial charge is 0.289 e. The zero-order valence-corrected chi connectivity index (χ0v) is 10.6. The monoisotopic (exact) mass is 249 g/mol. The first-order chi connectivity index (χ1) is 8.79. The van der Waals surface area contributed by atoms with Gasteiger partial charge >= 0.3 is 0 Å². The van der Waals surface area contributed by atoms with E-state index in [0.29, 0.717) is 5.76 Å². The van der Waals surface area contributed by atoms with Crippen molar-refractivity contribution in [1.29, 1.82) is 0 Å². The van der Waals surface area contributed by atoms with Crippen LogP contribution in [0.3, 0.4) is 0 Å². The number of rotatable bonds is 1. The molecule has 0 saturated carbocycles. The Morgan fingerprint density at radius 2 is 2.06 bits per heavy atom. The van der Waals surface area contributed by atoms with E-state index in [1.165, 1.54) is 12.8 Å². The van der Waals surface area contributed by atoms with E-state index in [0.717, 1.165) is 39.0 Å². The minimum Gasteiger partial charge on any atom is -0.459 e. The lowest BCUT2D eigenvalue weighted by Gasteiger charge is -2.43. The molecule has 0 unspecified atom stereocenters. The van der Waals surface area contributed by atoms with Crippen LogP contribution in [-0.2, 0) is 4.74 Å².